The molecule has 0 aliphatic rings. The molecule has 0 saturated heterocycles. The fraction of sp³-hybridized carbons (Fsp3) is 0.800. The summed E-state index contributed by atoms with van der Waals surface area (Å²) in [6.45, 7) is 3.56. The van der Waals surface area contributed by atoms with Crippen molar-refractivity contribution >= 4 is 5.91 Å². The van der Waals surface area contributed by atoms with Crippen molar-refractivity contribution in [1.82, 2.24) is 5.73 Å². The number of amides is 1. The van der Waals surface area contributed by atoms with E-state index in [1.165, 1.54) is 0 Å². The van der Waals surface area contributed by atoms with E-state index in [1.807, 2.05) is 13.8 Å². The fourth-order valence-corrected chi connectivity index (χ4v) is 0.242. The molecule has 3 heteroatoms. The van der Waals surface area contributed by atoms with Crippen molar-refractivity contribution in [3.05, 3.63) is 0 Å². The molecule has 8 heavy (non-hydrogen) atoms. The molecule has 0 bridgehead atoms. The average Bonchev–Trinajstić information content (AvgIpc) is 1.61. The summed E-state index contributed by atoms with van der Waals surface area (Å²) in [6, 6.07) is 0. The monoisotopic (exact) mass is 116 g/mol. The second-order valence-corrected chi connectivity index (χ2v) is 1.78. The van der Waals surface area contributed by atoms with Crippen molar-refractivity contribution in [3.8, 4) is 0 Å². The zero-order valence-electron chi connectivity index (χ0n) is 5.10. The van der Waals surface area contributed by atoms with Crippen LogP contribution >= 0.6 is 0 Å². The second kappa shape index (κ2) is 3.43. The predicted molar refractivity (Wildman–Crippen MR) is 29.2 cm³/mol. The molecule has 0 aromatic rings. The molecule has 0 fully saturated rings. The van der Waals surface area contributed by atoms with Gasteiger partial charge >= 0.3 is 0 Å². The molecule has 0 aromatic carbocycles. The van der Waals surface area contributed by atoms with Gasteiger partial charge in [0.15, 0.2) is 0 Å². The van der Waals surface area contributed by atoms with Crippen molar-refractivity contribution in [2.45, 2.75) is 20.0 Å². The lowest BCUT2D eigenvalue weighted by atomic mass is 10.5. The molecule has 1 radical (unpaired) electrons. The maximum atomic E-state index is 9.89. The normalized spacial score (nSPS) is 9.88. The lowest BCUT2D eigenvalue weighted by Crippen LogP contribution is -2.13. The van der Waals surface area contributed by atoms with E-state index in [9.17, 15) is 4.79 Å². The van der Waals surface area contributed by atoms with Gasteiger partial charge in [0.05, 0.1) is 6.10 Å². The standard InChI is InChI=1S/C5H10NO2/c1-4(2)8-3-5(6)7/h4,6H,3H2,1-2H3. The van der Waals surface area contributed by atoms with E-state index in [4.69, 9.17) is 10.5 Å². The lowest BCUT2D eigenvalue weighted by Gasteiger charge is -2.01. The summed E-state index contributed by atoms with van der Waals surface area (Å²) >= 11 is 0. The van der Waals surface area contributed by atoms with Crippen LogP contribution in [0.2, 0.25) is 0 Å². The Morgan fingerprint density at radius 2 is 2.25 bits per heavy atom. The highest BCUT2D eigenvalue weighted by Crippen LogP contribution is 1.84. The minimum Gasteiger partial charge on any atom is -0.369 e. The van der Waals surface area contributed by atoms with Crippen LogP contribution in [-0.4, -0.2) is 18.6 Å². The Morgan fingerprint density at radius 1 is 1.75 bits per heavy atom. The van der Waals surface area contributed by atoms with E-state index >= 15 is 0 Å². The zero-order valence-corrected chi connectivity index (χ0v) is 5.10. The first-order chi connectivity index (χ1) is 3.63. The van der Waals surface area contributed by atoms with Crippen LogP contribution in [0.15, 0.2) is 0 Å². The lowest BCUT2D eigenvalue weighted by molar-refractivity contribution is -0.124. The Bertz CT molecular complexity index is 80.5. The number of hydrogen-bond donors (Lipinski definition) is 0. The first-order valence-electron chi connectivity index (χ1n) is 2.49. The van der Waals surface area contributed by atoms with Gasteiger partial charge in [-0.25, -0.2) is 0 Å². The summed E-state index contributed by atoms with van der Waals surface area (Å²) in [6.07, 6.45) is 0.0456. The van der Waals surface area contributed by atoms with Crippen molar-refractivity contribution < 1.29 is 9.53 Å². The number of hydrogen-bond acceptors (Lipinski definition) is 2. The Morgan fingerprint density at radius 3 is 2.38 bits per heavy atom. The molecule has 0 rings (SSSR count). The third kappa shape index (κ3) is 5.43. The first-order valence-corrected chi connectivity index (χ1v) is 2.49. The first kappa shape index (κ1) is 7.43. The van der Waals surface area contributed by atoms with Crippen LogP contribution in [-0.2, 0) is 9.53 Å². The summed E-state index contributed by atoms with van der Waals surface area (Å²) in [5, 5.41) is 0. The van der Waals surface area contributed by atoms with Crippen LogP contribution in [0, 0.1) is 0 Å². The molecule has 0 heterocycles. The van der Waals surface area contributed by atoms with Gasteiger partial charge in [0.25, 0.3) is 5.91 Å². The average molecular weight is 116 g/mol. The van der Waals surface area contributed by atoms with Crippen molar-refractivity contribution in [1.29, 1.82) is 0 Å². The van der Waals surface area contributed by atoms with Gasteiger partial charge in [-0.05, 0) is 13.8 Å². The van der Waals surface area contributed by atoms with Crippen molar-refractivity contribution in [2.75, 3.05) is 6.61 Å². The van der Waals surface area contributed by atoms with Crippen molar-refractivity contribution in [3.63, 3.8) is 0 Å². The Kier molecular flexibility index (Phi) is 3.19. The van der Waals surface area contributed by atoms with Crippen LogP contribution in [0.4, 0.5) is 0 Å². The highest BCUT2D eigenvalue weighted by atomic mass is 16.5. The van der Waals surface area contributed by atoms with Crippen molar-refractivity contribution in [2.24, 2.45) is 0 Å². The molecule has 0 aliphatic heterocycles. The highest BCUT2D eigenvalue weighted by Gasteiger charge is 1.95. The molecule has 0 aromatic heterocycles. The molecule has 47 valence electrons. The van der Waals surface area contributed by atoms with Gasteiger partial charge in [0.1, 0.15) is 6.61 Å². The quantitative estimate of drug-likeness (QED) is 0.529. The number of ether oxygens (including phenoxy) is 1. The van der Waals surface area contributed by atoms with Gasteiger partial charge < -0.3 is 4.74 Å². The summed E-state index contributed by atoms with van der Waals surface area (Å²) < 4.78 is 4.77. The Hall–Kier alpha value is -0.570. The van der Waals surface area contributed by atoms with E-state index in [2.05, 4.69) is 0 Å². The maximum absolute atomic E-state index is 9.89. The van der Waals surface area contributed by atoms with Crippen LogP contribution < -0.4 is 5.73 Å². The molecular formula is C5H10NO2. The smallest absolute Gasteiger partial charge is 0.264 e. The number of carbonyl (C=O) groups is 1. The molecule has 0 aliphatic carbocycles. The summed E-state index contributed by atoms with van der Waals surface area (Å²) in [5.41, 5.74) is 6.41. The van der Waals surface area contributed by atoms with Crippen LogP contribution in [0.1, 0.15) is 13.8 Å². The minimum absolute atomic E-state index is 0.0456. The summed E-state index contributed by atoms with van der Waals surface area (Å²) in [5.74, 6) is -0.668. The second-order valence-electron chi connectivity index (χ2n) is 1.78. The van der Waals surface area contributed by atoms with Crippen LogP contribution in [0.25, 0.3) is 0 Å². The molecular weight excluding hydrogens is 106 g/mol. The number of nitrogens with one attached hydrogen (secondary N) is 1. The zero-order chi connectivity index (χ0) is 6.57. The molecule has 0 spiro atoms. The maximum Gasteiger partial charge on any atom is 0.264 e. The Labute approximate surface area is 48.8 Å². The van der Waals surface area contributed by atoms with E-state index in [-0.39, 0.29) is 12.7 Å². The predicted octanol–water partition coefficient (Wildman–Crippen LogP) is 0.221. The number of rotatable bonds is 3. The van der Waals surface area contributed by atoms with E-state index < -0.39 is 5.91 Å². The molecule has 1 amide bonds. The van der Waals surface area contributed by atoms with Gasteiger partial charge in [-0.15, -0.1) is 0 Å². The van der Waals surface area contributed by atoms with E-state index in [1.54, 1.807) is 0 Å². The van der Waals surface area contributed by atoms with Crippen LogP contribution in [0.3, 0.4) is 0 Å². The third-order valence-corrected chi connectivity index (χ3v) is 0.548. The van der Waals surface area contributed by atoms with Gasteiger partial charge in [-0.2, -0.15) is 0 Å². The van der Waals surface area contributed by atoms with Gasteiger partial charge in [0.2, 0.25) is 0 Å². The Balaban J connectivity index is 3.05. The van der Waals surface area contributed by atoms with Gasteiger partial charge in [-0.3, -0.25) is 10.5 Å². The molecule has 0 saturated carbocycles. The minimum atomic E-state index is -0.668. The van der Waals surface area contributed by atoms with Gasteiger partial charge in [0, 0.05) is 0 Å². The molecule has 0 atom stereocenters. The van der Waals surface area contributed by atoms with Gasteiger partial charge in [-0.1, -0.05) is 0 Å². The summed E-state index contributed by atoms with van der Waals surface area (Å²) in [4.78, 5) is 9.89. The summed E-state index contributed by atoms with van der Waals surface area (Å²) in [7, 11) is 0. The number of carbonyl (C=O) groups excluding carboxylic acids is 1. The fourth-order valence-electron chi connectivity index (χ4n) is 0.242. The van der Waals surface area contributed by atoms with Crippen LogP contribution in [0.5, 0.6) is 0 Å². The van der Waals surface area contributed by atoms with E-state index in [0.717, 1.165) is 0 Å². The largest absolute Gasteiger partial charge is 0.369 e. The third-order valence-electron chi connectivity index (χ3n) is 0.548. The SMILES string of the molecule is CC(C)OCC([NH])=O. The highest BCUT2D eigenvalue weighted by molar-refractivity contribution is 5.74. The molecule has 1 N–H and O–H groups in total. The van der Waals surface area contributed by atoms with E-state index in [0.29, 0.717) is 0 Å². The molecule has 0 unspecified atom stereocenters. The topological polar surface area (TPSA) is 50.1 Å². The molecule has 3 nitrogen and oxygen atoms in total.